The molecular weight excluding hydrogens is 402 g/mol. The fourth-order valence-electron chi connectivity index (χ4n) is 4.12. The standard InChI is InChI=1S/C27H27NO4/c1-3-32-26-11-7-5-9-23(26)19-12-13-24-22(16-19)17-20(27(29)30)14-15-28(24)18-21-8-4-6-10-25(21)31-2/h4-13,16-17H,3,14-15,18H2,1-2H3,(H,29,30). The number of hydrogen-bond donors (Lipinski definition) is 1. The number of para-hydroxylation sites is 2. The van der Waals surface area contributed by atoms with E-state index < -0.39 is 5.97 Å². The number of carboxylic acid groups (broad SMARTS) is 1. The van der Waals surface area contributed by atoms with E-state index in [1.54, 1.807) is 13.2 Å². The number of anilines is 1. The summed E-state index contributed by atoms with van der Waals surface area (Å²) >= 11 is 0. The molecule has 1 heterocycles. The van der Waals surface area contributed by atoms with Gasteiger partial charge in [-0.2, -0.15) is 0 Å². The van der Waals surface area contributed by atoms with Gasteiger partial charge in [0.05, 0.1) is 13.7 Å². The van der Waals surface area contributed by atoms with E-state index in [2.05, 4.69) is 23.1 Å². The van der Waals surface area contributed by atoms with Gasteiger partial charge in [0.15, 0.2) is 0 Å². The van der Waals surface area contributed by atoms with Crippen molar-refractivity contribution in [1.29, 1.82) is 0 Å². The monoisotopic (exact) mass is 429 g/mol. The third-order valence-corrected chi connectivity index (χ3v) is 5.68. The summed E-state index contributed by atoms with van der Waals surface area (Å²) in [5, 5.41) is 9.72. The Hall–Kier alpha value is -3.73. The van der Waals surface area contributed by atoms with Crippen LogP contribution in [0.3, 0.4) is 0 Å². The van der Waals surface area contributed by atoms with E-state index in [1.165, 1.54) is 0 Å². The maximum atomic E-state index is 11.8. The van der Waals surface area contributed by atoms with Crippen LogP contribution >= 0.6 is 0 Å². The van der Waals surface area contributed by atoms with Crippen LogP contribution in [-0.2, 0) is 11.3 Å². The van der Waals surface area contributed by atoms with E-state index >= 15 is 0 Å². The van der Waals surface area contributed by atoms with Crippen LogP contribution in [-0.4, -0.2) is 31.3 Å². The summed E-state index contributed by atoms with van der Waals surface area (Å²) in [6.45, 7) is 3.79. The molecule has 1 N–H and O–H groups in total. The molecule has 0 saturated heterocycles. The minimum absolute atomic E-state index is 0.407. The summed E-state index contributed by atoms with van der Waals surface area (Å²) in [7, 11) is 1.67. The highest BCUT2D eigenvalue weighted by atomic mass is 16.5. The molecular formula is C27H27NO4. The van der Waals surface area contributed by atoms with Crippen molar-refractivity contribution >= 4 is 17.7 Å². The Balaban J connectivity index is 1.77. The molecule has 0 saturated carbocycles. The quantitative estimate of drug-likeness (QED) is 0.527. The molecule has 0 atom stereocenters. The lowest BCUT2D eigenvalue weighted by molar-refractivity contribution is -0.132. The second kappa shape index (κ2) is 9.60. The molecule has 0 spiro atoms. The lowest BCUT2D eigenvalue weighted by Gasteiger charge is -2.26. The Bertz CT molecular complexity index is 1150. The fraction of sp³-hybridized carbons (Fsp3) is 0.222. The Labute approximate surface area is 188 Å². The molecule has 1 aliphatic rings. The first kappa shape index (κ1) is 21.5. The third-order valence-electron chi connectivity index (χ3n) is 5.68. The van der Waals surface area contributed by atoms with Gasteiger partial charge in [-0.15, -0.1) is 0 Å². The van der Waals surface area contributed by atoms with Crippen molar-refractivity contribution in [2.45, 2.75) is 19.9 Å². The average Bonchev–Trinajstić information content (AvgIpc) is 2.99. The second-order valence-electron chi connectivity index (χ2n) is 7.66. The maximum Gasteiger partial charge on any atom is 0.331 e. The number of carbonyl (C=O) groups is 1. The molecule has 164 valence electrons. The number of carboxylic acids is 1. The number of hydrogen-bond acceptors (Lipinski definition) is 4. The smallest absolute Gasteiger partial charge is 0.331 e. The van der Waals surface area contributed by atoms with Crippen molar-refractivity contribution in [2.24, 2.45) is 0 Å². The highest BCUT2D eigenvalue weighted by molar-refractivity contribution is 5.94. The molecule has 4 rings (SSSR count). The number of nitrogens with zero attached hydrogens (tertiary/aromatic N) is 1. The predicted octanol–water partition coefficient (Wildman–Crippen LogP) is 5.64. The Morgan fingerprint density at radius 1 is 1.03 bits per heavy atom. The van der Waals surface area contributed by atoms with Gasteiger partial charge in [-0.1, -0.05) is 42.5 Å². The van der Waals surface area contributed by atoms with Crippen molar-refractivity contribution in [3.05, 3.63) is 83.4 Å². The normalized spacial score (nSPS) is 13.1. The predicted molar refractivity (Wildman–Crippen MR) is 127 cm³/mol. The summed E-state index contributed by atoms with van der Waals surface area (Å²) < 4.78 is 11.3. The van der Waals surface area contributed by atoms with Gasteiger partial charge in [0.1, 0.15) is 11.5 Å². The van der Waals surface area contributed by atoms with Crippen LogP contribution in [0.15, 0.2) is 72.3 Å². The van der Waals surface area contributed by atoms with E-state index in [0.717, 1.165) is 39.4 Å². The van der Waals surface area contributed by atoms with Gasteiger partial charge in [-0.3, -0.25) is 0 Å². The van der Waals surface area contributed by atoms with E-state index in [4.69, 9.17) is 9.47 Å². The van der Waals surface area contributed by atoms with Crippen LogP contribution in [0.4, 0.5) is 5.69 Å². The summed E-state index contributed by atoms with van der Waals surface area (Å²) in [6.07, 6.45) is 2.26. The van der Waals surface area contributed by atoms with Crippen molar-refractivity contribution in [3.63, 3.8) is 0 Å². The summed E-state index contributed by atoms with van der Waals surface area (Å²) in [6, 6.07) is 22.0. The molecule has 5 nitrogen and oxygen atoms in total. The number of fused-ring (bicyclic) bond motifs is 1. The lowest BCUT2D eigenvalue weighted by Crippen LogP contribution is -2.24. The maximum absolute atomic E-state index is 11.8. The molecule has 1 aliphatic heterocycles. The molecule has 0 amide bonds. The highest BCUT2D eigenvalue weighted by Crippen LogP contribution is 2.37. The first-order valence-corrected chi connectivity index (χ1v) is 10.8. The Morgan fingerprint density at radius 2 is 1.78 bits per heavy atom. The molecule has 5 heteroatoms. The van der Waals surface area contributed by atoms with Crippen LogP contribution < -0.4 is 14.4 Å². The molecule has 32 heavy (non-hydrogen) atoms. The molecule has 3 aromatic rings. The van der Waals surface area contributed by atoms with Crippen LogP contribution in [0.25, 0.3) is 17.2 Å². The third kappa shape index (κ3) is 4.47. The van der Waals surface area contributed by atoms with Gasteiger partial charge in [0, 0.05) is 35.5 Å². The van der Waals surface area contributed by atoms with Gasteiger partial charge >= 0.3 is 5.97 Å². The van der Waals surface area contributed by atoms with Crippen molar-refractivity contribution in [3.8, 4) is 22.6 Å². The number of methoxy groups -OCH3 is 1. The van der Waals surface area contributed by atoms with Crippen LogP contribution in [0, 0.1) is 0 Å². The molecule has 0 fully saturated rings. The van der Waals surface area contributed by atoms with E-state index in [9.17, 15) is 9.90 Å². The van der Waals surface area contributed by atoms with Crippen LogP contribution in [0.5, 0.6) is 11.5 Å². The SMILES string of the molecule is CCOc1ccccc1-c1ccc2c(c1)C=C(C(=O)O)CCN2Cc1ccccc1OC. The zero-order valence-corrected chi connectivity index (χ0v) is 18.4. The number of rotatable bonds is 7. The molecule has 0 unspecified atom stereocenters. The van der Waals surface area contributed by atoms with Gasteiger partial charge in [0.25, 0.3) is 0 Å². The van der Waals surface area contributed by atoms with Gasteiger partial charge in [-0.25, -0.2) is 4.79 Å². The first-order chi connectivity index (χ1) is 15.6. The number of benzene rings is 3. The first-order valence-electron chi connectivity index (χ1n) is 10.8. The van der Waals surface area contributed by atoms with Crippen molar-refractivity contribution < 1.29 is 19.4 Å². The van der Waals surface area contributed by atoms with Crippen molar-refractivity contribution in [2.75, 3.05) is 25.2 Å². The number of aliphatic carboxylic acids is 1. The highest BCUT2D eigenvalue weighted by Gasteiger charge is 2.21. The van der Waals surface area contributed by atoms with Gasteiger partial charge in [-0.05, 0) is 54.8 Å². The average molecular weight is 430 g/mol. The minimum Gasteiger partial charge on any atom is -0.496 e. The molecule has 0 aliphatic carbocycles. The fourth-order valence-corrected chi connectivity index (χ4v) is 4.12. The Kier molecular flexibility index (Phi) is 6.45. The lowest BCUT2D eigenvalue weighted by atomic mass is 9.99. The zero-order valence-electron chi connectivity index (χ0n) is 18.4. The summed E-state index contributed by atoms with van der Waals surface area (Å²) in [4.78, 5) is 14.1. The molecule has 0 radical (unpaired) electrons. The van der Waals surface area contributed by atoms with E-state index in [0.29, 0.717) is 31.7 Å². The van der Waals surface area contributed by atoms with Crippen LogP contribution in [0.1, 0.15) is 24.5 Å². The van der Waals surface area contributed by atoms with Crippen molar-refractivity contribution in [1.82, 2.24) is 0 Å². The van der Waals surface area contributed by atoms with E-state index in [-0.39, 0.29) is 0 Å². The van der Waals surface area contributed by atoms with Gasteiger partial charge in [0.2, 0.25) is 0 Å². The van der Waals surface area contributed by atoms with E-state index in [1.807, 2.05) is 55.5 Å². The summed E-state index contributed by atoms with van der Waals surface area (Å²) in [5.74, 6) is 0.763. The largest absolute Gasteiger partial charge is 0.496 e. The molecule has 0 aromatic heterocycles. The summed E-state index contributed by atoms with van der Waals surface area (Å²) in [5.41, 5.74) is 5.34. The van der Waals surface area contributed by atoms with Crippen LogP contribution in [0.2, 0.25) is 0 Å². The second-order valence-corrected chi connectivity index (χ2v) is 7.66. The Morgan fingerprint density at radius 3 is 2.53 bits per heavy atom. The molecule has 3 aromatic carbocycles. The van der Waals surface area contributed by atoms with Gasteiger partial charge < -0.3 is 19.5 Å². The topological polar surface area (TPSA) is 59.0 Å². The molecule has 0 bridgehead atoms. The minimum atomic E-state index is -0.879. The number of ether oxygens (including phenoxy) is 2. The zero-order chi connectivity index (χ0) is 22.5.